The molecular weight excluding hydrogens is 276 g/mol. The summed E-state index contributed by atoms with van der Waals surface area (Å²) in [5.74, 6) is 6.28. The Morgan fingerprint density at radius 1 is 1.36 bits per heavy atom. The molecule has 0 radical (unpaired) electrons. The van der Waals surface area contributed by atoms with Crippen LogP contribution in [0.4, 0.5) is 4.79 Å². The number of rotatable bonds is 2. The van der Waals surface area contributed by atoms with Crippen molar-refractivity contribution in [2.45, 2.75) is 52.6 Å². The van der Waals surface area contributed by atoms with Crippen molar-refractivity contribution in [1.82, 2.24) is 9.55 Å². The quantitative estimate of drug-likeness (QED) is 0.782. The van der Waals surface area contributed by atoms with Crippen LogP contribution in [-0.4, -0.2) is 21.2 Å². The molecule has 4 heteroatoms. The minimum Gasteiger partial charge on any atom is -0.443 e. The van der Waals surface area contributed by atoms with Gasteiger partial charge in [0.25, 0.3) is 0 Å². The third-order valence-electron chi connectivity index (χ3n) is 3.01. The van der Waals surface area contributed by atoms with E-state index in [1.807, 2.05) is 32.9 Å². The molecule has 4 nitrogen and oxygen atoms in total. The second-order valence-corrected chi connectivity index (χ2v) is 6.16. The maximum Gasteiger partial charge on any atom is 0.420 e. The van der Waals surface area contributed by atoms with Crippen LogP contribution in [0.2, 0.25) is 0 Å². The van der Waals surface area contributed by atoms with Gasteiger partial charge in [-0.05, 0) is 44.9 Å². The van der Waals surface area contributed by atoms with Crippen molar-refractivity contribution in [2.75, 3.05) is 0 Å². The van der Waals surface area contributed by atoms with E-state index >= 15 is 0 Å². The lowest BCUT2D eigenvalue weighted by atomic mass is 10.1. The lowest BCUT2D eigenvalue weighted by Crippen LogP contribution is -2.26. The largest absolute Gasteiger partial charge is 0.443 e. The van der Waals surface area contributed by atoms with E-state index in [1.54, 1.807) is 12.4 Å². The van der Waals surface area contributed by atoms with Gasteiger partial charge >= 0.3 is 6.09 Å². The highest BCUT2D eigenvalue weighted by atomic mass is 16.6. The number of fused-ring (bicyclic) bond motifs is 1. The third kappa shape index (κ3) is 3.88. The van der Waals surface area contributed by atoms with Crippen LogP contribution in [0, 0.1) is 11.8 Å². The first-order valence-corrected chi connectivity index (χ1v) is 7.56. The number of pyridine rings is 1. The van der Waals surface area contributed by atoms with Crippen molar-refractivity contribution < 1.29 is 9.53 Å². The molecule has 2 aromatic rings. The molecular formula is C18H22N2O2. The van der Waals surface area contributed by atoms with Gasteiger partial charge in [0.2, 0.25) is 0 Å². The fraction of sp³-hybridized carbons (Fsp3) is 0.444. The molecule has 116 valence electrons. The molecule has 0 bridgehead atoms. The number of aromatic nitrogens is 2. The van der Waals surface area contributed by atoms with E-state index in [1.165, 1.54) is 4.57 Å². The highest BCUT2D eigenvalue weighted by Crippen LogP contribution is 2.21. The predicted octanol–water partition coefficient (Wildman–Crippen LogP) is 4.17. The summed E-state index contributed by atoms with van der Waals surface area (Å²) >= 11 is 0. The highest BCUT2D eigenvalue weighted by molar-refractivity contribution is 5.89. The van der Waals surface area contributed by atoms with Crippen LogP contribution in [0.1, 0.15) is 46.1 Å². The van der Waals surface area contributed by atoms with E-state index in [9.17, 15) is 4.79 Å². The van der Waals surface area contributed by atoms with Gasteiger partial charge < -0.3 is 4.74 Å². The fourth-order valence-corrected chi connectivity index (χ4v) is 2.09. The Labute approximate surface area is 131 Å². The molecule has 2 rings (SSSR count). The van der Waals surface area contributed by atoms with Crippen LogP contribution in [0.15, 0.2) is 24.5 Å². The Morgan fingerprint density at radius 3 is 2.82 bits per heavy atom. The normalized spacial score (nSPS) is 11.1. The summed E-state index contributed by atoms with van der Waals surface area (Å²) in [6.07, 6.45) is 5.60. The van der Waals surface area contributed by atoms with Gasteiger partial charge in [0.1, 0.15) is 11.2 Å². The van der Waals surface area contributed by atoms with Gasteiger partial charge in [-0.25, -0.2) is 14.3 Å². The standard InChI is InChI=1S/C18H22N2O2/c1-5-6-7-8-10-14-13-20(17(21)22-18(2,3)4)16-15(14)11-9-12-19-16/h9,11-13H,5-6,10H2,1-4H3. The molecule has 0 saturated carbocycles. The molecule has 2 aromatic heterocycles. The molecule has 22 heavy (non-hydrogen) atoms. The molecule has 0 aliphatic heterocycles. The summed E-state index contributed by atoms with van der Waals surface area (Å²) in [4.78, 5) is 16.6. The number of unbranched alkanes of at least 4 members (excludes halogenated alkanes) is 1. The first-order chi connectivity index (χ1) is 10.4. The first kappa shape index (κ1) is 16.1. The lowest BCUT2D eigenvalue weighted by molar-refractivity contribution is 0.0543. The highest BCUT2D eigenvalue weighted by Gasteiger charge is 2.20. The monoisotopic (exact) mass is 298 g/mol. The van der Waals surface area contributed by atoms with Gasteiger partial charge in [-0.15, -0.1) is 5.92 Å². The molecule has 0 spiro atoms. The molecule has 0 aliphatic carbocycles. The van der Waals surface area contributed by atoms with Gasteiger partial charge in [-0.3, -0.25) is 0 Å². The molecule has 0 amide bonds. The summed E-state index contributed by atoms with van der Waals surface area (Å²) in [6.45, 7) is 7.65. The minimum atomic E-state index is -0.538. The zero-order valence-corrected chi connectivity index (χ0v) is 13.6. The lowest BCUT2D eigenvalue weighted by Gasteiger charge is -2.19. The van der Waals surface area contributed by atoms with E-state index in [0.29, 0.717) is 12.1 Å². The van der Waals surface area contributed by atoms with Gasteiger partial charge in [0.15, 0.2) is 0 Å². The predicted molar refractivity (Wildman–Crippen MR) is 87.8 cm³/mol. The topological polar surface area (TPSA) is 44.1 Å². The Bertz CT molecular complexity index is 727. The second kappa shape index (κ2) is 6.65. The number of carbonyl (C=O) groups is 1. The van der Waals surface area contributed by atoms with Crippen molar-refractivity contribution in [2.24, 2.45) is 0 Å². The van der Waals surface area contributed by atoms with Crippen LogP contribution in [0.5, 0.6) is 0 Å². The summed E-state index contributed by atoms with van der Waals surface area (Å²) in [7, 11) is 0. The average Bonchev–Trinajstić information content (AvgIpc) is 2.81. The van der Waals surface area contributed by atoms with Crippen molar-refractivity contribution in [3.05, 3.63) is 30.1 Å². The van der Waals surface area contributed by atoms with E-state index in [0.717, 1.165) is 23.8 Å². The number of hydrogen-bond donors (Lipinski definition) is 0. The zero-order valence-electron chi connectivity index (χ0n) is 13.6. The van der Waals surface area contributed by atoms with E-state index in [-0.39, 0.29) is 0 Å². The first-order valence-electron chi connectivity index (χ1n) is 7.56. The smallest absolute Gasteiger partial charge is 0.420 e. The number of nitrogens with zero attached hydrogens (tertiary/aromatic N) is 2. The van der Waals surface area contributed by atoms with E-state index in [4.69, 9.17) is 4.74 Å². The summed E-state index contributed by atoms with van der Waals surface area (Å²) in [5.41, 5.74) is 1.07. The maximum absolute atomic E-state index is 12.3. The van der Waals surface area contributed by atoms with Crippen LogP contribution in [0.3, 0.4) is 0 Å². The summed E-state index contributed by atoms with van der Waals surface area (Å²) < 4.78 is 6.91. The summed E-state index contributed by atoms with van der Waals surface area (Å²) in [6, 6.07) is 3.82. The molecule has 0 aromatic carbocycles. The Balaban J connectivity index is 2.36. The molecule has 0 fully saturated rings. The Kier molecular flexibility index (Phi) is 4.87. The van der Waals surface area contributed by atoms with Gasteiger partial charge in [-0.1, -0.05) is 12.8 Å². The number of hydrogen-bond acceptors (Lipinski definition) is 3. The van der Waals surface area contributed by atoms with Crippen molar-refractivity contribution >= 4 is 17.1 Å². The van der Waals surface area contributed by atoms with Crippen molar-refractivity contribution in [3.63, 3.8) is 0 Å². The minimum absolute atomic E-state index is 0.413. The third-order valence-corrected chi connectivity index (χ3v) is 3.01. The molecule has 0 aliphatic rings. The number of ether oxygens (including phenoxy) is 1. The second-order valence-electron chi connectivity index (χ2n) is 6.16. The van der Waals surface area contributed by atoms with E-state index in [2.05, 4.69) is 23.7 Å². The van der Waals surface area contributed by atoms with Crippen LogP contribution >= 0.6 is 0 Å². The Morgan fingerprint density at radius 2 is 2.14 bits per heavy atom. The average molecular weight is 298 g/mol. The van der Waals surface area contributed by atoms with E-state index < -0.39 is 11.7 Å². The molecule has 0 unspecified atom stereocenters. The molecule has 2 heterocycles. The molecule has 0 saturated heterocycles. The molecule has 0 atom stereocenters. The molecule has 0 N–H and O–H groups in total. The van der Waals surface area contributed by atoms with Crippen LogP contribution < -0.4 is 0 Å². The maximum atomic E-state index is 12.3. The van der Waals surface area contributed by atoms with Gasteiger partial charge in [-0.2, -0.15) is 0 Å². The fourth-order valence-electron chi connectivity index (χ4n) is 2.09. The van der Waals surface area contributed by atoms with Crippen molar-refractivity contribution in [3.8, 4) is 11.8 Å². The van der Waals surface area contributed by atoms with Gasteiger partial charge in [0, 0.05) is 30.6 Å². The van der Waals surface area contributed by atoms with Gasteiger partial charge in [0.05, 0.1) is 0 Å². The van der Waals surface area contributed by atoms with Crippen LogP contribution in [0.25, 0.3) is 11.0 Å². The Hall–Kier alpha value is -2.28. The zero-order chi connectivity index (χ0) is 16.2. The van der Waals surface area contributed by atoms with Crippen molar-refractivity contribution in [1.29, 1.82) is 0 Å². The van der Waals surface area contributed by atoms with Crippen LogP contribution in [-0.2, 0) is 11.2 Å². The summed E-state index contributed by atoms with van der Waals surface area (Å²) in [5, 5.41) is 0.944. The number of carbonyl (C=O) groups excluding carboxylic acids is 1. The SMILES string of the molecule is CCCC#CCc1cn(C(=O)OC(C)(C)C)c2ncccc12.